The summed E-state index contributed by atoms with van der Waals surface area (Å²) in [4.78, 5) is 11.1. The van der Waals surface area contributed by atoms with Crippen LogP contribution in [0.4, 0.5) is 11.5 Å². The molecule has 0 atom stereocenters. The Balaban J connectivity index is 2.41. The van der Waals surface area contributed by atoms with Crippen LogP contribution >= 0.6 is 0 Å². The molecule has 1 aromatic carbocycles. The lowest BCUT2D eigenvalue weighted by molar-refractivity contribution is 0.804. The van der Waals surface area contributed by atoms with E-state index in [4.69, 9.17) is 5.73 Å². The number of hydrogen-bond donors (Lipinski definition) is 1. The minimum atomic E-state index is 0.672. The largest absolute Gasteiger partial charge is 0.330 e. The van der Waals surface area contributed by atoms with Crippen LogP contribution in [0.5, 0.6) is 0 Å². The van der Waals surface area contributed by atoms with Gasteiger partial charge in [0.15, 0.2) is 0 Å². The maximum absolute atomic E-state index is 5.66. The minimum Gasteiger partial charge on any atom is -0.330 e. The zero-order chi connectivity index (χ0) is 14.5. The molecule has 4 nitrogen and oxygen atoms in total. The van der Waals surface area contributed by atoms with E-state index in [1.807, 2.05) is 19.9 Å². The third-order valence-corrected chi connectivity index (χ3v) is 3.13. The summed E-state index contributed by atoms with van der Waals surface area (Å²) >= 11 is 0. The summed E-state index contributed by atoms with van der Waals surface area (Å²) in [6.07, 6.45) is 0.927. The zero-order valence-electron chi connectivity index (χ0n) is 12.4. The molecule has 1 aromatic heterocycles. The number of aryl methyl sites for hydroxylation is 3. The van der Waals surface area contributed by atoms with Crippen molar-refractivity contribution in [1.82, 2.24) is 9.97 Å². The maximum Gasteiger partial charge on any atom is 0.136 e. The maximum atomic E-state index is 5.66. The number of anilines is 2. The molecule has 2 N–H and O–H groups in total. The van der Waals surface area contributed by atoms with Crippen molar-refractivity contribution in [3.8, 4) is 0 Å². The predicted molar refractivity (Wildman–Crippen MR) is 83.4 cm³/mol. The first-order valence-corrected chi connectivity index (χ1v) is 6.96. The molecule has 0 saturated heterocycles. The van der Waals surface area contributed by atoms with Gasteiger partial charge in [-0.05, 0) is 51.4 Å². The van der Waals surface area contributed by atoms with E-state index in [0.717, 1.165) is 36.0 Å². The molecule has 0 radical (unpaired) electrons. The Morgan fingerprint density at radius 2 is 1.90 bits per heavy atom. The van der Waals surface area contributed by atoms with Gasteiger partial charge in [0.2, 0.25) is 0 Å². The fourth-order valence-electron chi connectivity index (χ4n) is 2.26. The minimum absolute atomic E-state index is 0.672. The molecular weight excluding hydrogens is 248 g/mol. The smallest absolute Gasteiger partial charge is 0.136 e. The molecule has 0 fully saturated rings. The van der Waals surface area contributed by atoms with E-state index in [0.29, 0.717) is 6.54 Å². The number of nitrogens with two attached hydrogens (primary N) is 1. The van der Waals surface area contributed by atoms with Crippen LogP contribution in [0.2, 0.25) is 0 Å². The van der Waals surface area contributed by atoms with Gasteiger partial charge in [0, 0.05) is 24.0 Å². The molecule has 0 unspecified atom stereocenters. The van der Waals surface area contributed by atoms with Crippen LogP contribution < -0.4 is 10.6 Å². The summed E-state index contributed by atoms with van der Waals surface area (Å²) in [5.74, 6) is 1.74. The van der Waals surface area contributed by atoms with Crippen molar-refractivity contribution in [3.05, 3.63) is 47.4 Å². The van der Waals surface area contributed by atoms with E-state index in [2.05, 4.69) is 46.1 Å². The third-order valence-electron chi connectivity index (χ3n) is 3.13. The number of rotatable bonds is 5. The van der Waals surface area contributed by atoms with Crippen molar-refractivity contribution in [2.75, 3.05) is 18.0 Å². The van der Waals surface area contributed by atoms with Crippen molar-refractivity contribution >= 4 is 11.5 Å². The average molecular weight is 270 g/mol. The first-order chi connectivity index (χ1) is 9.60. The summed E-state index contributed by atoms with van der Waals surface area (Å²) < 4.78 is 0. The van der Waals surface area contributed by atoms with Gasteiger partial charge in [-0.25, -0.2) is 9.97 Å². The van der Waals surface area contributed by atoms with Crippen LogP contribution in [0.3, 0.4) is 0 Å². The van der Waals surface area contributed by atoms with Gasteiger partial charge in [-0.3, -0.25) is 0 Å². The summed E-state index contributed by atoms with van der Waals surface area (Å²) in [5.41, 5.74) is 9.04. The van der Waals surface area contributed by atoms with Gasteiger partial charge in [0.1, 0.15) is 11.6 Å². The number of hydrogen-bond acceptors (Lipinski definition) is 4. The van der Waals surface area contributed by atoms with Gasteiger partial charge < -0.3 is 10.6 Å². The first kappa shape index (κ1) is 14.5. The monoisotopic (exact) mass is 270 g/mol. The van der Waals surface area contributed by atoms with E-state index in [1.54, 1.807) is 0 Å². The zero-order valence-corrected chi connectivity index (χ0v) is 12.4. The van der Waals surface area contributed by atoms with Crippen LogP contribution in [0.15, 0.2) is 30.3 Å². The SMILES string of the molecule is Cc1cccc(N(CCCN)c2cc(C)nc(C)n2)c1. The second kappa shape index (κ2) is 6.48. The lowest BCUT2D eigenvalue weighted by Crippen LogP contribution is -2.22. The van der Waals surface area contributed by atoms with Crippen LogP contribution in [0.25, 0.3) is 0 Å². The number of nitrogens with zero attached hydrogens (tertiary/aromatic N) is 3. The Bertz CT molecular complexity index is 560. The quantitative estimate of drug-likeness (QED) is 0.907. The number of aromatic nitrogens is 2. The number of benzene rings is 1. The van der Waals surface area contributed by atoms with E-state index < -0.39 is 0 Å². The third kappa shape index (κ3) is 3.54. The first-order valence-electron chi connectivity index (χ1n) is 6.96. The highest BCUT2D eigenvalue weighted by atomic mass is 15.2. The Hall–Kier alpha value is -1.94. The van der Waals surface area contributed by atoms with Crippen LogP contribution in [-0.4, -0.2) is 23.1 Å². The van der Waals surface area contributed by atoms with Crippen LogP contribution in [0, 0.1) is 20.8 Å². The van der Waals surface area contributed by atoms with Gasteiger partial charge in [-0.1, -0.05) is 12.1 Å². The molecule has 106 valence electrons. The van der Waals surface area contributed by atoms with E-state index in [-0.39, 0.29) is 0 Å². The standard InChI is InChI=1S/C16H22N4/c1-12-6-4-7-15(10-12)20(9-5-8-17)16-11-13(2)18-14(3)19-16/h4,6-7,10-11H,5,8-9,17H2,1-3H3. The lowest BCUT2D eigenvalue weighted by Gasteiger charge is -2.24. The Labute approximate surface area is 120 Å². The van der Waals surface area contributed by atoms with E-state index in [9.17, 15) is 0 Å². The second-order valence-corrected chi connectivity index (χ2v) is 5.05. The van der Waals surface area contributed by atoms with E-state index in [1.165, 1.54) is 5.56 Å². The predicted octanol–water partition coefficient (Wildman–Crippen LogP) is 2.89. The topological polar surface area (TPSA) is 55.0 Å². The van der Waals surface area contributed by atoms with Crippen LogP contribution in [0.1, 0.15) is 23.5 Å². The molecule has 0 aliphatic carbocycles. The van der Waals surface area contributed by atoms with Crippen LogP contribution in [-0.2, 0) is 0 Å². The van der Waals surface area contributed by atoms with Crippen molar-refractivity contribution in [2.45, 2.75) is 27.2 Å². The Morgan fingerprint density at radius 1 is 1.10 bits per heavy atom. The summed E-state index contributed by atoms with van der Waals surface area (Å²) in [6.45, 7) is 7.55. The molecule has 2 aromatic rings. The van der Waals surface area contributed by atoms with E-state index >= 15 is 0 Å². The van der Waals surface area contributed by atoms with Crippen molar-refractivity contribution in [3.63, 3.8) is 0 Å². The highest BCUT2D eigenvalue weighted by Crippen LogP contribution is 2.25. The summed E-state index contributed by atoms with van der Waals surface area (Å²) in [7, 11) is 0. The molecule has 0 amide bonds. The molecule has 0 aliphatic rings. The van der Waals surface area contributed by atoms with Crippen molar-refractivity contribution < 1.29 is 0 Å². The summed E-state index contributed by atoms with van der Waals surface area (Å²) in [5, 5.41) is 0. The normalized spacial score (nSPS) is 10.6. The van der Waals surface area contributed by atoms with Gasteiger partial charge in [0.05, 0.1) is 0 Å². The van der Waals surface area contributed by atoms with Gasteiger partial charge >= 0.3 is 0 Å². The second-order valence-electron chi connectivity index (χ2n) is 5.05. The molecule has 0 saturated carbocycles. The van der Waals surface area contributed by atoms with Crippen molar-refractivity contribution in [2.24, 2.45) is 5.73 Å². The molecule has 1 heterocycles. The van der Waals surface area contributed by atoms with Gasteiger partial charge in [-0.2, -0.15) is 0 Å². The molecule has 0 aliphatic heterocycles. The fourth-order valence-corrected chi connectivity index (χ4v) is 2.26. The molecule has 20 heavy (non-hydrogen) atoms. The van der Waals surface area contributed by atoms with Gasteiger partial charge in [-0.15, -0.1) is 0 Å². The molecule has 0 bridgehead atoms. The Morgan fingerprint density at radius 3 is 2.55 bits per heavy atom. The molecule has 4 heteroatoms. The molecule has 2 rings (SSSR count). The average Bonchev–Trinajstić information content (AvgIpc) is 2.38. The van der Waals surface area contributed by atoms with Crippen molar-refractivity contribution in [1.29, 1.82) is 0 Å². The lowest BCUT2D eigenvalue weighted by atomic mass is 10.2. The summed E-state index contributed by atoms with van der Waals surface area (Å²) in [6, 6.07) is 10.5. The molecule has 0 spiro atoms. The van der Waals surface area contributed by atoms with Gasteiger partial charge in [0.25, 0.3) is 0 Å². The highest BCUT2D eigenvalue weighted by Gasteiger charge is 2.11. The fraction of sp³-hybridized carbons (Fsp3) is 0.375. The molecular formula is C16H22N4. The highest BCUT2D eigenvalue weighted by molar-refractivity contribution is 5.60. The Kier molecular flexibility index (Phi) is 4.69.